The molecule has 6 nitrogen and oxygen atoms in total. The molecular formula is C19H15ClO6. The molecule has 0 amide bonds. The number of benzene rings is 2. The zero-order chi connectivity index (χ0) is 18.8. The number of carbonyl (C=O) groups excluding carboxylic acids is 2. The Kier molecular flexibility index (Phi) is 4.95. The molecule has 1 unspecified atom stereocenters. The largest absolute Gasteiger partial charge is 0.490 e. The summed E-state index contributed by atoms with van der Waals surface area (Å²) in [6.07, 6.45) is -0.414. The van der Waals surface area contributed by atoms with Crippen molar-refractivity contribution in [1.29, 1.82) is 0 Å². The third-order valence-electron chi connectivity index (χ3n) is 3.72. The summed E-state index contributed by atoms with van der Waals surface area (Å²) >= 11 is 5.47. The van der Waals surface area contributed by atoms with Gasteiger partial charge in [0.2, 0.25) is 5.43 Å². The molecule has 1 atom stereocenters. The van der Waals surface area contributed by atoms with E-state index < -0.39 is 11.3 Å². The van der Waals surface area contributed by atoms with Crippen LogP contribution in [0.5, 0.6) is 5.75 Å². The lowest BCUT2D eigenvalue weighted by molar-refractivity contribution is -0.146. The van der Waals surface area contributed by atoms with E-state index in [4.69, 9.17) is 25.5 Å². The van der Waals surface area contributed by atoms with Crippen molar-refractivity contribution in [3.05, 3.63) is 52.2 Å². The van der Waals surface area contributed by atoms with Crippen LogP contribution < -0.4 is 10.2 Å². The van der Waals surface area contributed by atoms with Crippen molar-refractivity contribution in [2.75, 3.05) is 6.61 Å². The highest BCUT2D eigenvalue weighted by molar-refractivity contribution is 6.67. The number of ether oxygens (including phenoxy) is 2. The Morgan fingerprint density at radius 2 is 1.88 bits per heavy atom. The molecule has 0 fully saturated rings. The van der Waals surface area contributed by atoms with Gasteiger partial charge in [0.15, 0.2) is 0 Å². The van der Waals surface area contributed by atoms with Gasteiger partial charge in [0.05, 0.1) is 10.8 Å². The fraction of sp³-hybridized carbons (Fsp3) is 0.211. The van der Waals surface area contributed by atoms with E-state index >= 15 is 0 Å². The van der Waals surface area contributed by atoms with Gasteiger partial charge in [-0.15, -0.1) is 0 Å². The first-order valence-corrected chi connectivity index (χ1v) is 8.23. The second-order valence-electron chi connectivity index (χ2n) is 5.80. The molecule has 3 rings (SSSR count). The van der Waals surface area contributed by atoms with E-state index in [-0.39, 0.29) is 29.2 Å². The molecule has 1 aromatic heterocycles. The Bertz CT molecular complexity index is 1070. The highest BCUT2D eigenvalue weighted by atomic mass is 35.5. The number of fused-ring (bicyclic) bond motifs is 2. The maximum absolute atomic E-state index is 12.7. The summed E-state index contributed by atoms with van der Waals surface area (Å²) in [6, 6.07) is 9.25. The summed E-state index contributed by atoms with van der Waals surface area (Å²) < 4.78 is 16.3. The van der Waals surface area contributed by atoms with Gasteiger partial charge in [-0.05, 0) is 54.9 Å². The third kappa shape index (κ3) is 3.70. The van der Waals surface area contributed by atoms with Crippen molar-refractivity contribution in [1.82, 2.24) is 0 Å². The monoisotopic (exact) mass is 374 g/mol. The van der Waals surface area contributed by atoms with Crippen LogP contribution in [0.25, 0.3) is 21.9 Å². The Morgan fingerprint density at radius 1 is 1.12 bits per heavy atom. The minimum absolute atomic E-state index is 0.158. The molecular weight excluding hydrogens is 360 g/mol. The fourth-order valence-electron chi connectivity index (χ4n) is 2.58. The predicted octanol–water partition coefficient (Wildman–Crippen LogP) is 3.66. The molecule has 7 heteroatoms. The van der Waals surface area contributed by atoms with Crippen molar-refractivity contribution >= 4 is 44.8 Å². The second-order valence-corrected chi connectivity index (χ2v) is 6.15. The van der Waals surface area contributed by atoms with E-state index in [2.05, 4.69) is 0 Å². The number of carbonyl (C=O) groups is 2. The number of rotatable bonds is 5. The molecule has 0 aliphatic carbocycles. The highest BCUT2D eigenvalue weighted by Crippen LogP contribution is 2.24. The Hall–Kier alpha value is -2.86. The molecule has 0 aliphatic rings. The van der Waals surface area contributed by atoms with Gasteiger partial charge in [-0.25, -0.2) is 0 Å². The second kappa shape index (κ2) is 7.17. The van der Waals surface area contributed by atoms with Crippen molar-refractivity contribution in [2.45, 2.75) is 20.0 Å². The van der Waals surface area contributed by atoms with Crippen LogP contribution in [0.2, 0.25) is 0 Å². The minimum atomic E-state index is -0.625. The van der Waals surface area contributed by atoms with Crippen molar-refractivity contribution in [2.24, 2.45) is 0 Å². The van der Waals surface area contributed by atoms with E-state index in [9.17, 15) is 14.4 Å². The van der Waals surface area contributed by atoms with Gasteiger partial charge < -0.3 is 13.9 Å². The third-order valence-corrected chi connectivity index (χ3v) is 3.94. The standard InChI is InChI=1S/C19H15ClO6/c1-10(25-11(2)21)9-24-13-4-6-16-15(8-13)18(22)14-5-3-12(19(20)23)7-17(14)26-16/h3-8,10H,9H2,1-2H3. The first kappa shape index (κ1) is 17.9. The molecule has 0 bridgehead atoms. The zero-order valence-corrected chi connectivity index (χ0v) is 14.8. The smallest absolute Gasteiger partial charge is 0.303 e. The molecule has 0 saturated carbocycles. The summed E-state index contributed by atoms with van der Waals surface area (Å²) in [7, 11) is 0. The molecule has 134 valence electrons. The van der Waals surface area contributed by atoms with Crippen molar-refractivity contribution in [3.8, 4) is 5.75 Å². The SMILES string of the molecule is CC(=O)OC(C)COc1ccc2oc3cc(C(=O)Cl)ccc3c(=O)c2c1. The molecule has 0 N–H and O–H groups in total. The average Bonchev–Trinajstić information content (AvgIpc) is 2.59. The zero-order valence-electron chi connectivity index (χ0n) is 14.1. The normalized spacial score (nSPS) is 12.1. The topological polar surface area (TPSA) is 82.8 Å². The van der Waals surface area contributed by atoms with Crippen LogP contribution in [0, 0.1) is 0 Å². The predicted molar refractivity (Wildman–Crippen MR) is 96.9 cm³/mol. The van der Waals surface area contributed by atoms with Gasteiger partial charge in [-0.1, -0.05) is 0 Å². The Labute approximate surface area is 153 Å². The molecule has 26 heavy (non-hydrogen) atoms. The molecule has 0 spiro atoms. The summed E-state index contributed by atoms with van der Waals surface area (Å²) in [4.78, 5) is 34.9. The quantitative estimate of drug-likeness (QED) is 0.385. The van der Waals surface area contributed by atoms with Gasteiger partial charge in [0.25, 0.3) is 5.24 Å². The first-order valence-electron chi connectivity index (χ1n) is 7.85. The number of hydrogen-bond acceptors (Lipinski definition) is 6. The first-order chi connectivity index (χ1) is 12.3. The minimum Gasteiger partial charge on any atom is -0.490 e. The maximum Gasteiger partial charge on any atom is 0.303 e. The molecule has 0 saturated heterocycles. The van der Waals surface area contributed by atoms with Crippen LogP contribution in [0.1, 0.15) is 24.2 Å². The highest BCUT2D eigenvalue weighted by Gasteiger charge is 2.12. The van der Waals surface area contributed by atoms with Gasteiger partial charge >= 0.3 is 5.97 Å². The Morgan fingerprint density at radius 3 is 2.58 bits per heavy atom. The van der Waals surface area contributed by atoms with Crippen LogP contribution in [0.15, 0.2) is 45.6 Å². The lowest BCUT2D eigenvalue weighted by atomic mass is 10.1. The Balaban J connectivity index is 1.96. The summed E-state index contributed by atoms with van der Waals surface area (Å²) in [5, 5.41) is 0.0602. The van der Waals surface area contributed by atoms with Gasteiger partial charge in [0.1, 0.15) is 29.6 Å². The molecule has 0 radical (unpaired) electrons. The molecule has 2 aromatic carbocycles. The fourth-order valence-corrected chi connectivity index (χ4v) is 2.69. The van der Waals surface area contributed by atoms with Crippen LogP contribution in [0.4, 0.5) is 0 Å². The lowest BCUT2D eigenvalue weighted by Crippen LogP contribution is -2.20. The van der Waals surface area contributed by atoms with Crippen LogP contribution >= 0.6 is 11.6 Å². The molecule has 1 heterocycles. The van der Waals surface area contributed by atoms with Crippen LogP contribution in [-0.2, 0) is 9.53 Å². The maximum atomic E-state index is 12.7. The van der Waals surface area contributed by atoms with Gasteiger partial charge in [-0.2, -0.15) is 0 Å². The van der Waals surface area contributed by atoms with E-state index in [0.717, 1.165) is 0 Å². The summed E-state index contributed by atoms with van der Waals surface area (Å²) in [5.41, 5.74) is 0.655. The number of halogens is 1. The number of hydrogen-bond donors (Lipinski definition) is 0. The van der Waals surface area contributed by atoms with Crippen LogP contribution in [0.3, 0.4) is 0 Å². The van der Waals surface area contributed by atoms with Crippen molar-refractivity contribution in [3.63, 3.8) is 0 Å². The van der Waals surface area contributed by atoms with Gasteiger partial charge in [0, 0.05) is 12.5 Å². The van der Waals surface area contributed by atoms with E-state index in [1.54, 1.807) is 25.1 Å². The van der Waals surface area contributed by atoms with Crippen LogP contribution in [-0.4, -0.2) is 23.9 Å². The molecule has 0 aliphatic heterocycles. The van der Waals surface area contributed by atoms with E-state index in [0.29, 0.717) is 22.1 Å². The van der Waals surface area contributed by atoms with E-state index in [1.165, 1.54) is 25.1 Å². The van der Waals surface area contributed by atoms with Gasteiger partial charge in [-0.3, -0.25) is 14.4 Å². The average molecular weight is 375 g/mol. The molecule has 3 aromatic rings. The van der Waals surface area contributed by atoms with E-state index in [1.807, 2.05) is 0 Å². The summed E-state index contributed by atoms with van der Waals surface area (Å²) in [6.45, 7) is 3.19. The lowest BCUT2D eigenvalue weighted by Gasteiger charge is -2.13. The summed E-state index contributed by atoms with van der Waals surface area (Å²) in [5.74, 6) is 0.0669. The van der Waals surface area contributed by atoms with Crippen molar-refractivity contribution < 1.29 is 23.5 Å². The number of esters is 1.